The van der Waals surface area contributed by atoms with Gasteiger partial charge in [-0.25, -0.2) is 0 Å². The minimum absolute atomic E-state index is 0.0357. The Hall–Kier alpha value is -2.40. The molecule has 6 heteroatoms. The number of amides is 1. The summed E-state index contributed by atoms with van der Waals surface area (Å²) < 4.78 is 0. The number of hydrogen-bond acceptors (Lipinski definition) is 3. The molecule has 2 aromatic rings. The Bertz CT molecular complexity index is 842. The first-order chi connectivity index (χ1) is 11.0. The first-order valence-corrected chi connectivity index (χ1v) is 7.74. The maximum Gasteiger partial charge on any atom is 0.261 e. The molecule has 118 valence electrons. The zero-order chi connectivity index (χ0) is 16.4. The van der Waals surface area contributed by atoms with Crippen molar-refractivity contribution in [2.24, 2.45) is 0 Å². The lowest BCUT2D eigenvalue weighted by Crippen LogP contribution is -2.31. The third-order valence-corrected chi connectivity index (χ3v) is 4.08. The predicted octanol–water partition coefficient (Wildman–Crippen LogP) is 2.48. The Morgan fingerprint density at radius 1 is 1.22 bits per heavy atom. The average Bonchev–Trinajstić information content (AvgIpc) is 2.52. The molecule has 23 heavy (non-hydrogen) atoms. The number of carbonyl (C=O) groups excluding carboxylic acids is 2. The number of hydrogen-bond donors (Lipinski definition) is 2. The smallest absolute Gasteiger partial charge is 0.261 e. The Labute approximate surface area is 137 Å². The molecule has 0 spiro atoms. The summed E-state index contributed by atoms with van der Waals surface area (Å²) in [5.41, 5.74) is 1.39. The van der Waals surface area contributed by atoms with Gasteiger partial charge in [0, 0.05) is 29.2 Å². The van der Waals surface area contributed by atoms with E-state index in [-0.39, 0.29) is 17.9 Å². The number of H-pyrrole nitrogens is 1. The molecule has 0 bridgehead atoms. The number of Topliss-reactive ketones (excluding diaryl/α,β-unsaturated/α-hetero) is 1. The molecule has 1 aromatic heterocycles. The summed E-state index contributed by atoms with van der Waals surface area (Å²) in [4.78, 5) is 38.9. The number of aryl methyl sites for hydroxylation is 1. The molecule has 0 unspecified atom stereocenters. The van der Waals surface area contributed by atoms with E-state index >= 15 is 0 Å². The van der Waals surface area contributed by atoms with Crippen molar-refractivity contribution in [2.75, 3.05) is 0 Å². The largest absolute Gasteiger partial charge is 0.348 e. The van der Waals surface area contributed by atoms with E-state index in [0.29, 0.717) is 29.1 Å². The fraction of sp³-hybridized carbons (Fsp3) is 0.235. The number of benzene rings is 1. The van der Waals surface area contributed by atoms with Gasteiger partial charge in [0.1, 0.15) is 5.56 Å². The molecule has 0 radical (unpaired) electrons. The zero-order valence-corrected chi connectivity index (χ0v) is 13.1. The van der Waals surface area contributed by atoms with Crippen molar-refractivity contribution in [2.45, 2.75) is 25.8 Å². The van der Waals surface area contributed by atoms with Crippen LogP contribution in [0.15, 0.2) is 35.1 Å². The van der Waals surface area contributed by atoms with Gasteiger partial charge in [0.05, 0.1) is 0 Å². The molecule has 3 rings (SSSR count). The summed E-state index contributed by atoms with van der Waals surface area (Å²) in [6.07, 6.45) is 1.82. The minimum atomic E-state index is -0.507. The van der Waals surface area contributed by atoms with Gasteiger partial charge in [0.15, 0.2) is 5.78 Å². The second-order valence-corrected chi connectivity index (χ2v) is 5.93. The summed E-state index contributed by atoms with van der Waals surface area (Å²) in [6.45, 7) is 0.254. The van der Waals surface area contributed by atoms with Crippen LogP contribution >= 0.6 is 11.6 Å². The molecule has 1 heterocycles. The van der Waals surface area contributed by atoms with Crippen LogP contribution in [0.1, 0.15) is 44.8 Å². The van der Waals surface area contributed by atoms with E-state index in [1.807, 2.05) is 6.07 Å². The molecule has 0 atom stereocenters. The fourth-order valence-electron chi connectivity index (χ4n) is 2.67. The first-order valence-electron chi connectivity index (χ1n) is 7.36. The topological polar surface area (TPSA) is 79.0 Å². The Morgan fingerprint density at radius 2 is 2.04 bits per heavy atom. The van der Waals surface area contributed by atoms with Gasteiger partial charge in [-0.1, -0.05) is 23.7 Å². The van der Waals surface area contributed by atoms with Crippen LogP contribution < -0.4 is 10.9 Å². The molecule has 0 aliphatic heterocycles. The van der Waals surface area contributed by atoms with E-state index in [9.17, 15) is 14.4 Å². The SMILES string of the molecule is O=C1CCCc2[nH]c(=O)c(C(=O)NCc3cccc(Cl)c3)cc21. The number of aromatic amines is 1. The number of ketones is 1. The van der Waals surface area contributed by atoms with Gasteiger partial charge in [-0.05, 0) is 36.6 Å². The van der Waals surface area contributed by atoms with Gasteiger partial charge in [0.25, 0.3) is 11.5 Å². The molecule has 0 saturated heterocycles. The molecular weight excluding hydrogens is 316 g/mol. The second kappa shape index (κ2) is 6.38. The Kier molecular flexibility index (Phi) is 4.30. The molecule has 0 fully saturated rings. The number of pyridine rings is 1. The predicted molar refractivity (Wildman–Crippen MR) is 87.0 cm³/mol. The average molecular weight is 331 g/mol. The Morgan fingerprint density at radius 3 is 2.83 bits per heavy atom. The van der Waals surface area contributed by atoms with Crippen LogP contribution in [0.5, 0.6) is 0 Å². The van der Waals surface area contributed by atoms with Crippen molar-refractivity contribution < 1.29 is 9.59 Å². The Balaban J connectivity index is 1.81. The van der Waals surface area contributed by atoms with Gasteiger partial charge in [-0.15, -0.1) is 0 Å². The van der Waals surface area contributed by atoms with E-state index in [1.54, 1.807) is 18.2 Å². The van der Waals surface area contributed by atoms with Crippen molar-refractivity contribution in [3.8, 4) is 0 Å². The summed E-state index contributed by atoms with van der Waals surface area (Å²) in [5.74, 6) is -0.543. The lowest BCUT2D eigenvalue weighted by molar-refractivity contribution is 0.0949. The highest BCUT2D eigenvalue weighted by atomic mass is 35.5. The molecule has 0 saturated carbocycles. The lowest BCUT2D eigenvalue weighted by Gasteiger charge is -2.15. The van der Waals surface area contributed by atoms with E-state index in [1.165, 1.54) is 6.07 Å². The van der Waals surface area contributed by atoms with Gasteiger partial charge in [-0.3, -0.25) is 14.4 Å². The number of fused-ring (bicyclic) bond motifs is 1. The van der Waals surface area contributed by atoms with E-state index in [4.69, 9.17) is 11.6 Å². The number of nitrogens with one attached hydrogen (secondary N) is 2. The summed E-state index contributed by atoms with van der Waals surface area (Å²) in [6, 6.07) is 8.50. The second-order valence-electron chi connectivity index (χ2n) is 5.49. The molecule has 1 amide bonds. The third-order valence-electron chi connectivity index (χ3n) is 3.84. The van der Waals surface area contributed by atoms with Crippen molar-refractivity contribution in [3.05, 3.63) is 68.1 Å². The van der Waals surface area contributed by atoms with E-state index < -0.39 is 11.5 Å². The van der Waals surface area contributed by atoms with Gasteiger partial charge >= 0.3 is 0 Å². The highest BCUT2D eigenvalue weighted by molar-refractivity contribution is 6.30. The monoisotopic (exact) mass is 330 g/mol. The van der Waals surface area contributed by atoms with Gasteiger partial charge < -0.3 is 10.3 Å². The maximum absolute atomic E-state index is 12.2. The van der Waals surface area contributed by atoms with Crippen LogP contribution in [0.25, 0.3) is 0 Å². The summed E-state index contributed by atoms with van der Waals surface area (Å²) in [7, 11) is 0. The van der Waals surface area contributed by atoms with Crippen LogP contribution in [0.3, 0.4) is 0 Å². The van der Waals surface area contributed by atoms with Crippen molar-refractivity contribution in [1.82, 2.24) is 10.3 Å². The standard InChI is InChI=1S/C17H15ClN2O3/c18-11-4-1-3-10(7-11)9-19-16(22)13-8-12-14(20-17(13)23)5-2-6-15(12)21/h1,3-4,7-8H,2,5-6,9H2,(H,19,22)(H,20,23). The molecule has 1 aliphatic rings. The summed E-state index contributed by atoms with van der Waals surface area (Å²) >= 11 is 5.89. The highest BCUT2D eigenvalue weighted by Gasteiger charge is 2.21. The van der Waals surface area contributed by atoms with Crippen LogP contribution in [0.4, 0.5) is 0 Å². The van der Waals surface area contributed by atoms with Gasteiger partial charge in [0.2, 0.25) is 0 Å². The molecule has 5 nitrogen and oxygen atoms in total. The number of rotatable bonds is 3. The van der Waals surface area contributed by atoms with Crippen LogP contribution in [-0.4, -0.2) is 16.7 Å². The van der Waals surface area contributed by atoms with Crippen LogP contribution in [0, 0.1) is 0 Å². The number of halogens is 1. The van der Waals surface area contributed by atoms with Crippen LogP contribution in [0.2, 0.25) is 5.02 Å². The molecular formula is C17H15ClN2O3. The maximum atomic E-state index is 12.2. The van der Waals surface area contributed by atoms with Crippen molar-refractivity contribution >= 4 is 23.3 Å². The van der Waals surface area contributed by atoms with Gasteiger partial charge in [-0.2, -0.15) is 0 Å². The fourth-order valence-corrected chi connectivity index (χ4v) is 2.88. The quantitative estimate of drug-likeness (QED) is 0.907. The van der Waals surface area contributed by atoms with Crippen molar-refractivity contribution in [3.63, 3.8) is 0 Å². The molecule has 1 aliphatic carbocycles. The molecule has 1 aromatic carbocycles. The molecule has 2 N–H and O–H groups in total. The first kappa shape index (κ1) is 15.5. The highest BCUT2D eigenvalue weighted by Crippen LogP contribution is 2.18. The van der Waals surface area contributed by atoms with E-state index in [0.717, 1.165) is 12.0 Å². The summed E-state index contributed by atoms with van der Waals surface area (Å²) in [5, 5.41) is 3.25. The zero-order valence-electron chi connectivity index (χ0n) is 12.3. The number of aromatic nitrogens is 1. The number of carbonyl (C=O) groups is 2. The van der Waals surface area contributed by atoms with Crippen LogP contribution in [-0.2, 0) is 13.0 Å². The minimum Gasteiger partial charge on any atom is -0.348 e. The lowest BCUT2D eigenvalue weighted by atomic mass is 9.93. The third kappa shape index (κ3) is 3.35. The van der Waals surface area contributed by atoms with Crippen molar-refractivity contribution in [1.29, 1.82) is 0 Å². The normalized spacial score (nSPS) is 13.5. The van der Waals surface area contributed by atoms with E-state index in [2.05, 4.69) is 10.3 Å².